The average molecular weight is 281 g/mol. The lowest BCUT2D eigenvalue weighted by molar-refractivity contribution is 0.102. The van der Waals surface area contributed by atoms with E-state index in [0.29, 0.717) is 11.4 Å². The minimum atomic E-state index is -0.274. The van der Waals surface area contributed by atoms with Crippen LogP contribution in [0.2, 0.25) is 0 Å². The summed E-state index contributed by atoms with van der Waals surface area (Å²) >= 11 is 0. The highest BCUT2D eigenvalue weighted by Gasteiger charge is 2.09. The number of carbonyl (C=O) groups excluding carboxylic acids is 1. The summed E-state index contributed by atoms with van der Waals surface area (Å²) in [4.78, 5) is 24.2. The molecule has 1 amide bonds. The number of anilines is 1. The van der Waals surface area contributed by atoms with Crippen LogP contribution in [0.25, 0.3) is 0 Å². The molecule has 2 N–H and O–H groups in total. The van der Waals surface area contributed by atoms with Gasteiger partial charge in [-0.15, -0.1) is 0 Å². The number of aliphatic imine (C=N–C) groups is 1. The zero-order valence-electron chi connectivity index (χ0n) is 11.4. The van der Waals surface area contributed by atoms with Crippen molar-refractivity contribution < 1.29 is 4.79 Å². The Morgan fingerprint density at radius 1 is 1.19 bits per heavy atom. The van der Waals surface area contributed by atoms with Gasteiger partial charge in [-0.05, 0) is 30.7 Å². The van der Waals surface area contributed by atoms with Gasteiger partial charge in [0, 0.05) is 36.7 Å². The number of aromatic nitrogens is 2. The number of carbonyl (C=O) groups is 1. The van der Waals surface area contributed by atoms with E-state index in [9.17, 15) is 4.79 Å². The van der Waals surface area contributed by atoms with Crippen LogP contribution in [0, 0.1) is 0 Å². The van der Waals surface area contributed by atoms with Crippen molar-refractivity contribution in [3.63, 3.8) is 0 Å². The third kappa shape index (κ3) is 3.22. The molecule has 3 rings (SSSR count). The van der Waals surface area contributed by atoms with E-state index < -0.39 is 0 Å². The maximum absolute atomic E-state index is 12.0. The lowest BCUT2D eigenvalue weighted by Crippen LogP contribution is -2.30. The van der Waals surface area contributed by atoms with Crippen molar-refractivity contribution in [1.29, 1.82) is 0 Å². The summed E-state index contributed by atoms with van der Waals surface area (Å²) in [6.45, 7) is 1.80. The number of nitrogens with zero attached hydrogens (tertiary/aromatic N) is 3. The lowest BCUT2D eigenvalue weighted by atomic mass is 10.1. The lowest BCUT2D eigenvalue weighted by Gasteiger charge is -2.14. The second-order valence-corrected chi connectivity index (χ2v) is 4.63. The van der Waals surface area contributed by atoms with Crippen molar-refractivity contribution in [3.05, 3.63) is 54.1 Å². The summed E-state index contributed by atoms with van der Waals surface area (Å²) in [7, 11) is 0. The number of rotatable bonds is 3. The van der Waals surface area contributed by atoms with Crippen LogP contribution in [0.4, 0.5) is 5.69 Å². The molecule has 0 unspecified atom stereocenters. The van der Waals surface area contributed by atoms with Gasteiger partial charge in [0.2, 0.25) is 0 Å². The smallest absolute Gasteiger partial charge is 0.275 e. The second kappa shape index (κ2) is 6.13. The fourth-order valence-corrected chi connectivity index (χ4v) is 2.05. The monoisotopic (exact) mass is 281 g/mol. The Morgan fingerprint density at radius 3 is 2.71 bits per heavy atom. The predicted molar refractivity (Wildman–Crippen MR) is 80.5 cm³/mol. The Morgan fingerprint density at radius 2 is 2.05 bits per heavy atom. The van der Waals surface area contributed by atoms with Crippen LogP contribution < -0.4 is 10.6 Å². The summed E-state index contributed by atoms with van der Waals surface area (Å²) in [5, 5.41) is 6.05. The standard InChI is InChI=1S/C15H15N5O/c21-15(13-10-16-8-9-17-13)20-12-4-2-11(3-5-12)14-18-6-1-7-19-14/h2-5,8-10H,1,6-7H2,(H,18,19)(H,20,21). The first kappa shape index (κ1) is 13.2. The van der Waals surface area contributed by atoms with E-state index >= 15 is 0 Å². The van der Waals surface area contributed by atoms with Gasteiger partial charge in [-0.2, -0.15) is 0 Å². The van der Waals surface area contributed by atoms with Gasteiger partial charge in [-0.1, -0.05) is 0 Å². The molecule has 1 aliphatic heterocycles. The van der Waals surface area contributed by atoms with E-state index in [1.807, 2.05) is 24.3 Å². The van der Waals surface area contributed by atoms with Crippen molar-refractivity contribution in [1.82, 2.24) is 15.3 Å². The largest absolute Gasteiger partial charge is 0.370 e. The van der Waals surface area contributed by atoms with E-state index in [4.69, 9.17) is 0 Å². The van der Waals surface area contributed by atoms with E-state index in [-0.39, 0.29) is 5.91 Å². The third-order valence-electron chi connectivity index (χ3n) is 3.11. The molecule has 2 heterocycles. The van der Waals surface area contributed by atoms with Gasteiger partial charge in [0.05, 0.1) is 6.20 Å². The van der Waals surface area contributed by atoms with Gasteiger partial charge in [0.1, 0.15) is 11.5 Å². The van der Waals surface area contributed by atoms with E-state index in [1.54, 1.807) is 0 Å². The van der Waals surface area contributed by atoms with Crippen LogP contribution in [0.1, 0.15) is 22.5 Å². The highest BCUT2D eigenvalue weighted by Crippen LogP contribution is 2.12. The highest BCUT2D eigenvalue weighted by molar-refractivity contribution is 6.03. The number of amides is 1. The maximum Gasteiger partial charge on any atom is 0.275 e. The first-order chi connectivity index (χ1) is 10.3. The molecule has 6 heteroatoms. The molecular weight excluding hydrogens is 266 g/mol. The van der Waals surface area contributed by atoms with E-state index in [2.05, 4.69) is 25.6 Å². The van der Waals surface area contributed by atoms with Gasteiger partial charge in [0.15, 0.2) is 0 Å². The number of hydrogen-bond donors (Lipinski definition) is 2. The van der Waals surface area contributed by atoms with Crippen molar-refractivity contribution in [2.75, 3.05) is 18.4 Å². The van der Waals surface area contributed by atoms with E-state index in [0.717, 1.165) is 30.9 Å². The Kier molecular flexibility index (Phi) is 3.86. The maximum atomic E-state index is 12.0. The number of hydrogen-bond acceptors (Lipinski definition) is 5. The summed E-state index contributed by atoms with van der Waals surface area (Å²) < 4.78 is 0. The van der Waals surface area contributed by atoms with Crippen LogP contribution in [-0.4, -0.2) is 34.8 Å². The quantitative estimate of drug-likeness (QED) is 0.893. The molecule has 2 aromatic rings. The highest BCUT2D eigenvalue weighted by atomic mass is 16.1. The minimum absolute atomic E-state index is 0.274. The second-order valence-electron chi connectivity index (χ2n) is 4.63. The third-order valence-corrected chi connectivity index (χ3v) is 3.11. The zero-order valence-corrected chi connectivity index (χ0v) is 11.4. The molecular formula is C15H15N5O. The van der Waals surface area contributed by atoms with Gasteiger partial charge in [-0.25, -0.2) is 4.98 Å². The predicted octanol–water partition coefficient (Wildman–Crippen LogP) is 1.47. The number of amidine groups is 1. The Bertz CT molecular complexity index is 652. The molecule has 0 saturated carbocycles. The molecule has 0 aliphatic carbocycles. The summed E-state index contributed by atoms with van der Waals surface area (Å²) in [5.41, 5.74) is 2.03. The molecule has 106 valence electrons. The topological polar surface area (TPSA) is 79.3 Å². The Balaban J connectivity index is 1.70. The van der Waals surface area contributed by atoms with Crippen LogP contribution in [0.5, 0.6) is 0 Å². The Hall–Kier alpha value is -2.76. The first-order valence-corrected chi connectivity index (χ1v) is 6.79. The molecule has 0 saturated heterocycles. The molecule has 0 atom stereocenters. The fourth-order valence-electron chi connectivity index (χ4n) is 2.05. The van der Waals surface area contributed by atoms with Gasteiger partial charge < -0.3 is 10.6 Å². The van der Waals surface area contributed by atoms with Crippen LogP contribution in [0.3, 0.4) is 0 Å². The molecule has 1 aromatic carbocycles. The van der Waals surface area contributed by atoms with E-state index in [1.165, 1.54) is 18.6 Å². The fraction of sp³-hybridized carbons (Fsp3) is 0.200. The molecule has 0 spiro atoms. The van der Waals surface area contributed by atoms with Crippen LogP contribution >= 0.6 is 0 Å². The first-order valence-electron chi connectivity index (χ1n) is 6.79. The van der Waals surface area contributed by atoms with Gasteiger partial charge in [0.25, 0.3) is 5.91 Å². The zero-order chi connectivity index (χ0) is 14.5. The summed E-state index contributed by atoms with van der Waals surface area (Å²) in [6.07, 6.45) is 5.52. The van der Waals surface area contributed by atoms with Crippen molar-refractivity contribution in [2.24, 2.45) is 4.99 Å². The minimum Gasteiger partial charge on any atom is -0.370 e. The van der Waals surface area contributed by atoms with Gasteiger partial charge in [-0.3, -0.25) is 14.8 Å². The molecule has 6 nitrogen and oxygen atoms in total. The number of nitrogens with one attached hydrogen (secondary N) is 2. The normalized spacial score (nSPS) is 14.0. The molecule has 0 radical (unpaired) electrons. The van der Waals surface area contributed by atoms with Crippen LogP contribution in [-0.2, 0) is 0 Å². The molecule has 0 fully saturated rings. The summed E-state index contributed by atoms with van der Waals surface area (Å²) in [5.74, 6) is 0.636. The SMILES string of the molecule is O=C(Nc1ccc(C2=NCCCN2)cc1)c1cnccn1. The van der Waals surface area contributed by atoms with Crippen molar-refractivity contribution in [3.8, 4) is 0 Å². The van der Waals surface area contributed by atoms with Crippen molar-refractivity contribution >= 4 is 17.4 Å². The number of benzene rings is 1. The molecule has 21 heavy (non-hydrogen) atoms. The van der Waals surface area contributed by atoms with Crippen molar-refractivity contribution in [2.45, 2.75) is 6.42 Å². The molecule has 1 aromatic heterocycles. The Labute approximate surface area is 122 Å². The van der Waals surface area contributed by atoms with Crippen LogP contribution in [0.15, 0.2) is 47.8 Å². The summed E-state index contributed by atoms with van der Waals surface area (Å²) in [6, 6.07) is 7.57. The average Bonchev–Trinajstić information content (AvgIpc) is 2.57. The molecule has 1 aliphatic rings. The van der Waals surface area contributed by atoms with Gasteiger partial charge >= 0.3 is 0 Å². The molecule has 0 bridgehead atoms.